The first-order valence-electron chi connectivity index (χ1n) is 7.67. The standard InChI is InChI=1S/C18H19FN2O2/c1-12(23-14-6-2-5-13(19)11-14)18(22)21-10-4-7-15-16(20)8-3-9-17(15)21/h2-3,5-6,8-9,11-12H,4,7,10,20H2,1H3. The van der Waals surface area contributed by atoms with E-state index in [0.717, 1.165) is 24.1 Å². The number of anilines is 2. The van der Waals surface area contributed by atoms with Crippen molar-refractivity contribution in [1.82, 2.24) is 0 Å². The molecule has 4 nitrogen and oxygen atoms in total. The van der Waals surface area contributed by atoms with Gasteiger partial charge in [-0.25, -0.2) is 4.39 Å². The summed E-state index contributed by atoms with van der Waals surface area (Å²) in [5, 5.41) is 0. The van der Waals surface area contributed by atoms with Gasteiger partial charge in [0, 0.05) is 24.0 Å². The zero-order valence-electron chi connectivity index (χ0n) is 13.0. The average Bonchev–Trinajstić information content (AvgIpc) is 2.54. The Bertz CT molecular complexity index is 733. The molecule has 0 radical (unpaired) electrons. The van der Waals surface area contributed by atoms with Crippen LogP contribution >= 0.6 is 0 Å². The lowest BCUT2D eigenvalue weighted by Gasteiger charge is -2.32. The van der Waals surface area contributed by atoms with Gasteiger partial charge in [0.05, 0.1) is 0 Å². The number of carbonyl (C=O) groups is 1. The third-order valence-electron chi connectivity index (χ3n) is 4.01. The van der Waals surface area contributed by atoms with E-state index in [2.05, 4.69) is 0 Å². The van der Waals surface area contributed by atoms with Gasteiger partial charge in [-0.2, -0.15) is 0 Å². The fourth-order valence-corrected chi connectivity index (χ4v) is 2.89. The fourth-order valence-electron chi connectivity index (χ4n) is 2.89. The molecule has 1 amide bonds. The minimum atomic E-state index is -0.704. The maximum atomic E-state index is 13.2. The summed E-state index contributed by atoms with van der Waals surface area (Å²) in [7, 11) is 0. The van der Waals surface area contributed by atoms with Crippen LogP contribution in [0.15, 0.2) is 42.5 Å². The third-order valence-corrected chi connectivity index (χ3v) is 4.01. The van der Waals surface area contributed by atoms with Crippen molar-refractivity contribution in [2.75, 3.05) is 17.2 Å². The topological polar surface area (TPSA) is 55.6 Å². The van der Waals surface area contributed by atoms with E-state index in [4.69, 9.17) is 10.5 Å². The van der Waals surface area contributed by atoms with Crippen molar-refractivity contribution in [1.29, 1.82) is 0 Å². The maximum Gasteiger partial charge on any atom is 0.267 e. The Morgan fingerprint density at radius 1 is 1.30 bits per heavy atom. The van der Waals surface area contributed by atoms with Crippen LogP contribution in [0.2, 0.25) is 0 Å². The molecule has 0 fully saturated rings. The fraction of sp³-hybridized carbons (Fsp3) is 0.278. The van der Waals surface area contributed by atoms with Gasteiger partial charge in [0.25, 0.3) is 5.91 Å². The first-order chi connectivity index (χ1) is 11.1. The summed E-state index contributed by atoms with van der Waals surface area (Å²) in [4.78, 5) is 14.4. The highest BCUT2D eigenvalue weighted by Crippen LogP contribution is 2.32. The van der Waals surface area contributed by atoms with E-state index in [9.17, 15) is 9.18 Å². The van der Waals surface area contributed by atoms with Crippen molar-refractivity contribution < 1.29 is 13.9 Å². The van der Waals surface area contributed by atoms with E-state index in [0.29, 0.717) is 18.0 Å². The number of nitrogen functional groups attached to an aromatic ring is 1. The number of hydrogen-bond donors (Lipinski definition) is 1. The summed E-state index contributed by atoms with van der Waals surface area (Å²) < 4.78 is 18.8. The van der Waals surface area contributed by atoms with Crippen LogP contribution in [0.1, 0.15) is 18.9 Å². The highest BCUT2D eigenvalue weighted by Gasteiger charge is 2.28. The van der Waals surface area contributed by atoms with Gasteiger partial charge >= 0.3 is 0 Å². The zero-order valence-corrected chi connectivity index (χ0v) is 13.0. The number of ether oxygens (including phenoxy) is 1. The molecule has 23 heavy (non-hydrogen) atoms. The van der Waals surface area contributed by atoms with Crippen LogP contribution in [-0.2, 0) is 11.2 Å². The predicted octanol–water partition coefficient (Wildman–Crippen LogP) is 3.15. The van der Waals surface area contributed by atoms with Crippen LogP contribution in [0.5, 0.6) is 5.75 Å². The van der Waals surface area contributed by atoms with Crippen LogP contribution in [0.4, 0.5) is 15.8 Å². The smallest absolute Gasteiger partial charge is 0.267 e. The molecule has 0 spiro atoms. The molecule has 0 aliphatic carbocycles. The number of benzene rings is 2. The van der Waals surface area contributed by atoms with Crippen LogP contribution in [-0.4, -0.2) is 18.6 Å². The molecule has 1 aliphatic rings. The Kier molecular flexibility index (Phi) is 4.19. The van der Waals surface area contributed by atoms with Crippen LogP contribution in [0.3, 0.4) is 0 Å². The van der Waals surface area contributed by atoms with Gasteiger partial charge in [0.15, 0.2) is 6.10 Å². The number of nitrogens with two attached hydrogens (primary N) is 1. The van der Waals surface area contributed by atoms with Gasteiger partial charge in [0.1, 0.15) is 11.6 Å². The first kappa shape index (κ1) is 15.3. The summed E-state index contributed by atoms with van der Waals surface area (Å²) in [6, 6.07) is 11.4. The van der Waals surface area contributed by atoms with E-state index in [1.807, 2.05) is 18.2 Å². The molecular formula is C18H19FN2O2. The second-order valence-corrected chi connectivity index (χ2v) is 5.66. The molecule has 5 heteroatoms. The lowest BCUT2D eigenvalue weighted by Crippen LogP contribution is -2.43. The average molecular weight is 314 g/mol. The second kappa shape index (κ2) is 6.28. The number of hydrogen-bond acceptors (Lipinski definition) is 3. The number of rotatable bonds is 3. The minimum Gasteiger partial charge on any atom is -0.481 e. The van der Waals surface area contributed by atoms with Crippen molar-refractivity contribution in [2.45, 2.75) is 25.9 Å². The monoisotopic (exact) mass is 314 g/mol. The Labute approximate surface area is 134 Å². The molecule has 2 aromatic carbocycles. The molecule has 1 atom stereocenters. The highest BCUT2D eigenvalue weighted by molar-refractivity contribution is 5.98. The van der Waals surface area contributed by atoms with Gasteiger partial charge < -0.3 is 15.4 Å². The van der Waals surface area contributed by atoms with E-state index in [1.165, 1.54) is 12.1 Å². The van der Waals surface area contributed by atoms with Crippen LogP contribution in [0, 0.1) is 5.82 Å². The van der Waals surface area contributed by atoms with Gasteiger partial charge in [-0.05, 0) is 49.6 Å². The molecular weight excluding hydrogens is 295 g/mol. The molecule has 0 saturated carbocycles. The normalized spacial score (nSPS) is 15.0. The van der Waals surface area contributed by atoms with E-state index < -0.39 is 11.9 Å². The number of nitrogens with zero attached hydrogens (tertiary/aromatic N) is 1. The molecule has 2 N–H and O–H groups in total. The summed E-state index contributed by atoms with van der Waals surface area (Å²) in [6.07, 6.45) is 1.02. The van der Waals surface area contributed by atoms with Gasteiger partial charge in [-0.1, -0.05) is 12.1 Å². The highest BCUT2D eigenvalue weighted by atomic mass is 19.1. The molecule has 1 heterocycles. The van der Waals surface area contributed by atoms with Gasteiger partial charge in [-0.15, -0.1) is 0 Å². The quantitative estimate of drug-likeness (QED) is 0.886. The maximum absolute atomic E-state index is 13.2. The van der Waals surface area contributed by atoms with Crippen LogP contribution < -0.4 is 15.4 Å². The van der Waals surface area contributed by atoms with Gasteiger partial charge in [0.2, 0.25) is 0 Å². The number of carbonyl (C=O) groups excluding carboxylic acids is 1. The number of amides is 1. The van der Waals surface area contributed by atoms with Crippen molar-refractivity contribution in [2.24, 2.45) is 0 Å². The predicted molar refractivity (Wildman–Crippen MR) is 88.0 cm³/mol. The molecule has 120 valence electrons. The van der Waals surface area contributed by atoms with Crippen molar-refractivity contribution in [3.63, 3.8) is 0 Å². The van der Waals surface area contributed by atoms with Gasteiger partial charge in [-0.3, -0.25) is 4.79 Å². The van der Waals surface area contributed by atoms with E-state index >= 15 is 0 Å². The number of fused-ring (bicyclic) bond motifs is 1. The Morgan fingerprint density at radius 2 is 2.09 bits per heavy atom. The Morgan fingerprint density at radius 3 is 2.87 bits per heavy atom. The molecule has 0 saturated heterocycles. The summed E-state index contributed by atoms with van der Waals surface area (Å²) in [5.74, 6) is -0.199. The van der Waals surface area contributed by atoms with E-state index in [1.54, 1.807) is 24.0 Å². The SMILES string of the molecule is CC(Oc1cccc(F)c1)C(=O)N1CCCc2c(N)cccc21. The summed E-state index contributed by atoms with van der Waals surface area (Å²) in [5.41, 5.74) is 8.56. The summed E-state index contributed by atoms with van der Waals surface area (Å²) in [6.45, 7) is 2.31. The van der Waals surface area contributed by atoms with Crippen molar-refractivity contribution in [3.8, 4) is 5.75 Å². The van der Waals surface area contributed by atoms with Crippen molar-refractivity contribution >= 4 is 17.3 Å². The zero-order chi connectivity index (χ0) is 16.4. The number of halogens is 1. The van der Waals surface area contributed by atoms with E-state index in [-0.39, 0.29) is 5.91 Å². The third kappa shape index (κ3) is 3.13. The molecule has 1 unspecified atom stereocenters. The first-order valence-corrected chi connectivity index (χ1v) is 7.67. The lowest BCUT2D eigenvalue weighted by molar-refractivity contribution is -0.124. The second-order valence-electron chi connectivity index (χ2n) is 5.66. The molecule has 0 bridgehead atoms. The largest absolute Gasteiger partial charge is 0.481 e. The Balaban J connectivity index is 1.80. The molecule has 3 rings (SSSR count). The molecule has 1 aliphatic heterocycles. The molecule has 0 aromatic heterocycles. The van der Waals surface area contributed by atoms with Crippen molar-refractivity contribution in [3.05, 3.63) is 53.8 Å². The summed E-state index contributed by atoms with van der Waals surface area (Å²) >= 11 is 0. The lowest BCUT2D eigenvalue weighted by atomic mass is 9.99. The van der Waals surface area contributed by atoms with Crippen LogP contribution in [0.25, 0.3) is 0 Å². The Hall–Kier alpha value is -2.56. The molecule has 2 aromatic rings. The minimum absolute atomic E-state index is 0.152.